The molecular formula is C24H27ClF3N5O. The first-order valence-corrected chi connectivity index (χ1v) is 11.5. The molecule has 1 aromatic carbocycles. The standard InChI is InChI=1S/C24H27ClF3N5O/c1-33(2)17(11-16-3-4-20-18(22(16)25)14-31-32-20)13-30-21(34)12-19(15-5-9-29-10-6-15)23(7-8-23)24(26,27)28/h3-6,9-10,14,17,19H,7-8,11-13H2,1-2H3,(H,30,34)(H,31,32)/t17-,19+/m0/s1. The number of benzene rings is 1. The zero-order valence-electron chi connectivity index (χ0n) is 19.0. The fraction of sp³-hybridized carbons (Fsp3) is 0.458. The highest BCUT2D eigenvalue weighted by Crippen LogP contribution is 2.66. The summed E-state index contributed by atoms with van der Waals surface area (Å²) in [5.41, 5.74) is 0.390. The molecule has 0 spiro atoms. The van der Waals surface area contributed by atoms with E-state index in [-0.39, 0.29) is 31.8 Å². The van der Waals surface area contributed by atoms with Gasteiger partial charge in [-0.1, -0.05) is 17.7 Å². The Morgan fingerprint density at radius 1 is 1.24 bits per heavy atom. The first kappa shape index (κ1) is 24.5. The van der Waals surface area contributed by atoms with Gasteiger partial charge in [0.15, 0.2) is 0 Å². The Labute approximate surface area is 200 Å². The summed E-state index contributed by atoms with van der Waals surface area (Å²) < 4.78 is 41.7. The molecule has 182 valence electrons. The molecule has 0 saturated heterocycles. The van der Waals surface area contributed by atoms with E-state index in [2.05, 4.69) is 20.5 Å². The minimum absolute atomic E-state index is 0.0338. The van der Waals surface area contributed by atoms with Gasteiger partial charge in [0, 0.05) is 42.7 Å². The Morgan fingerprint density at radius 2 is 1.94 bits per heavy atom. The van der Waals surface area contributed by atoms with Gasteiger partial charge >= 0.3 is 6.18 Å². The summed E-state index contributed by atoms with van der Waals surface area (Å²) in [6, 6.07) is 6.87. The molecule has 1 saturated carbocycles. The van der Waals surface area contributed by atoms with Gasteiger partial charge in [-0.3, -0.25) is 14.9 Å². The van der Waals surface area contributed by atoms with Crippen LogP contribution in [0.15, 0.2) is 42.9 Å². The van der Waals surface area contributed by atoms with E-state index in [0.29, 0.717) is 17.0 Å². The Bertz CT molecular complexity index is 1140. The summed E-state index contributed by atoms with van der Waals surface area (Å²) >= 11 is 6.55. The quantitative estimate of drug-likeness (QED) is 0.452. The maximum atomic E-state index is 13.9. The normalized spacial score (nSPS) is 17.0. The third-order valence-electron chi connectivity index (χ3n) is 6.88. The first-order chi connectivity index (χ1) is 16.1. The lowest BCUT2D eigenvalue weighted by atomic mass is 9.80. The summed E-state index contributed by atoms with van der Waals surface area (Å²) in [6.07, 6.45) is 0.638. The third-order valence-corrected chi connectivity index (χ3v) is 7.32. The number of likely N-dealkylation sites (N-methyl/N-ethyl adjacent to an activating group) is 1. The Kier molecular flexibility index (Phi) is 6.87. The lowest BCUT2D eigenvalue weighted by Crippen LogP contribution is -2.42. The van der Waals surface area contributed by atoms with Gasteiger partial charge < -0.3 is 10.2 Å². The summed E-state index contributed by atoms with van der Waals surface area (Å²) in [5, 5.41) is 11.2. The molecule has 10 heteroatoms. The fourth-order valence-electron chi connectivity index (χ4n) is 4.56. The SMILES string of the molecule is CN(C)[C@H](CNC(=O)C[C@H](c1ccncc1)C1(C(F)(F)F)CC1)Cc1ccc2[nH]ncc2c1Cl. The lowest BCUT2D eigenvalue weighted by Gasteiger charge is -2.30. The maximum absolute atomic E-state index is 13.9. The van der Waals surface area contributed by atoms with Gasteiger partial charge in [-0.25, -0.2) is 0 Å². The molecular weight excluding hydrogens is 467 g/mol. The molecule has 0 aliphatic heterocycles. The van der Waals surface area contributed by atoms with Crippen LogP contribution >= 0.6 is 11.6 Å². The summed E-state index contributed by atoms with van der Waals surface area (Å²) in [5.74, 6) is -1.34. The molecule has 0 radical (unpaired) electrons. The van der Waals surface area contributed by atoms with Crippen LogP contribution in [-0.2, 0) is 11.2 Å². The molecule has 0 unspecified atom stereocenters. The molecule has 4 rings (SSSR count). The highest BCUT2D eigenvalue weighted by molar-refractivity contribution is 6.36. The van der Waals surface area contributed by atoms with Gasteiger partial charge in [-0.2, -0.15) is 18.3 Å². The van der Waals surface area contributed by atoms with E-state index in [1.807, 2.05) is 31.1 Å². The predicted molar refractivity (Wildman–Crippen MR) is 125 cm³/mol. The van der Waals surface area contributed by atoms with Crippen molar-refractivity contribution in [1.29, 1.82) is 0 Å². The number of carbonyl (C=O) groups is 1. The molecule has 6 nitrogen and oxygen atoms in total. The minimum Gasteiger partial charge on any atom is -0.355 e. The van der Waals surface area contributed by atoms with Gasteiger partial charge in [-0.15, -0.1) is 0 Å². The predicted octanol–water partition coefficient (Wildman–Crippen LogP) is 4.72. The molecule has 0 bridgehead atoms. The Morgan fingerprint density at radius 3 is 2.56 bits per heavy atom. The van der Waals surface area contributed by atoms with Crippen LogP contribution in [0.1, 0.15) is 36.3 Å². The number of rotatable bonds is 9. The van der Waals surface area contributed by atoms with E-state index in [1.54, 1.807) is 18.3 Å². The van der Waals surface area contributed by atoms with Crippen molar-refractivity contribution in [2.45, 2.75) is 43.8 Å². The summed E-state index contributed by atoms with van der Waals surface area (Å²) in [4.78, 5) is 18.7. The van der Waals surface area contributed by atoms with Crippen LogP contribution in [0.2, 0.25) is 5.02 Å². The van der Waals surface area contributed by atoms with E-state index >= 15 is 0 Å². The first-order valence-electron chi connectivity index (χ1n) is 11.1. The topological polar surface area (TPSA) is 73.9 Å². The average Bonchev–Trinajstić information content (AvgIpc) is 3.47. The highest BCUT2D eigenvalue weighted by atomic mass is 35.5. The number of hydrogen-bond donors (Lipinski definition) is 2. The van der Waals surface area contributed by atoms with E-state index < -0.39 is 23.4 Å². The van der Waals surface area contributed by atoms with Crippen molar-refractivity contribution in [2.75, 3.05) is 20.6 Å². The smallest absolute Gasteiger partial charge is 0.355 e. The minimum atomic E-state index is -4.37. The van der Waals surface area contributed by atoms with Crippen LogP contribution in [-0.4, -0.2) is 58.8 Å². The molecule has 1 fully saturated rings. The van der Waals surface area contributed by atoms with Crippen molar-refractivity contribution in [2.24, 2.45) is 5.41 Å². The second-order valence-corrected chi connectivity index (χ2v) is 9.56. The molecule has 1 amide bonds. The second kappa shape index (κ2) is 9.54. The highest BCUT2D eigenvalue weighted by Gasteiger charge is 2.67. The zero-order chi connectivity index (χ0) is 24.5. The van der Waals surface area contributed by atoms with Crippen LogP contribution in [0.5, 0.6) is 0 Å². The number of H-pyrrole nitrogens is 1. The van der Waals surface area contributed by atoms with Crippen molar-refractivity contribution in [3.8, 4) is 0 Å². The third kappa shape index (κ3) is 4.90. The second-order valence-electron chi connectivity index (χ2n) is 9.19. The van der Waals surface area contributed by atoms with Crippen LogP contribution in [0.3, 0.4) is 0 Å². The monoisotopic (exact) mass is 493 g/mol. The van der Waals surface area contributed by atoms with Gasteiger partial charge in [-0.05, 0) is 62.7 Å². The summed E-state index contributed by atoms with van der Waals surface area (Å²) in [7, 11) is 3.79. The van der Waals surface area contributed by atoms with Gasteiger partial charge in [0.1, 0.15) is 0 Å². The molecule has 3 aromatic rings. The van der Waals surface area contributed by atoms with Crippen molar-refractivity contribution < 1.29 is 18.0 Å². The number of halogens is 4. The molecule has 1 aliphatic carbocycles. The van der Waals surface area contributed by atoms with Crippen LogP contribution in [0.4, 0.5) is 13.2 Å². The van der Waals surface area contributed by atoms with Gasteiger partial charge in [0.2, 0.25) is 5.91 Å². The van der Waals surface area contributed by atoms with Crippen LogP contribution in [0.25, 0.3) is 10.9 Å². The average molecular weight is 494 g/mol. The van der Waals surface area contributed by atoms with Crippen LogP contribution in [0, 0.1) is 5.41 Å². The van der Waals surface area contributed by atoms with E-state index in [1.165, 1.54) is 12.4 Å². The number of aromatic amines is 1. The Hall–Kier alpha value is -2.65. The number of amides is 1. The van der Waals surface area contributed by atoms with E-state index in [9.17, 15) is 18.0 Å². The molecule has 34 heavy (non-hydrogen) atoms. The van der Waals surface area contributed by atoms with E-state index in [4.69, 9.17) is 11.6 Å². The van der Waals surface area contributed by atoms with Gasteiger partial charge in [0.25, 0.3) is 0 Å². The molecule has 2 aromatic heterocycles. The molecule has 1 aliphatic rings. The number of fused-ring (bicyclic) bond motifs is 1. The largest absolute Gasteiger partial charge is 0.395 e. The lowest BCUT2D eigenvalue weighted by molar-refractivity contribution is -0.194. The molecule has 2 N–H and O–H groups in total. The number of nitrogens with zero attached hydrogens (tertiary/aromatic N) is 3. The van der Waals surface area contributed by atoms with Crippen LogP contribution < -0.4 is 5.32 Å². The molecule has 2 atom stereocenters. The van der Waals surface area contributed by atoms with Gasteiger partial charge in [0.05, 0.1) is 22.2 Å². The van der Waals surface area contributed by atoms with Crippen molar-refractivity contribution in [3.63, 3.8) is 0 Å². The van der Waals surface area contributed by atoms with E-state index in [0.717, 1.165) is 16.5 Å². The number of pyridine rings is 1. The number of aromatic nitrogens is 3. The van der Waals surface area contributed by atoms with Crippen molar-refractivity contribution >= 4 is 28.4 Å². The zero-order valence-corrected chi connectivity index (χ0v) is 19.7. The number of alkyl halides is 3. The van der Waals surface area contributed by atoms with Crippen molar-refractivity contribution in [3.05, 3.63) is 59.0 Å². The maximum Gasteiger partial charge on any atom is 0.395 e. The molecule has 2 heterocycles. The number of nitrogens with one attached hydrogen (secondary N) is 2. The Balaban J connectivity index is 1.45. The summed E-state index contributed by atoms with van der Waals surface area (Å²) in [6.45, 7) is 0.285. The number of carbonyl (C=O) groups excluding carboxylic acids is 1. The number of hydrogen-bond acceptors (Lipinski definition) is 4. The van der Waals surface area contributed by atoms with Crippen molar-refractivity contribution in [1.82, 2.24) is 25.4 Å². The fourth-order valence-corrected chi connectivity index (χ4v) is 4.85.